The zero-order chi connectivity index (χ0) is 23.2. The van der Waals surface area contributed by atoms with Gasteiger partial charge in [-0.15, -0.1) is 0 Å². The third kappa shape index (κ3) is 3.85. The van der Waals surface area contributed by atoms with E-state index < -0.39 is 12.1 Å². The van der Waals surface area contributed by atoms with Crippen molar-refractivity contribution in [2.24, 2.45) is 11.8 Å². The van der Waals surface area contributed by atoms with Gasteiger partial charge in [0, 0.05) is 25.6 Å². The van der Waals surface area contributed by atoms with Crippen molar-refractivity contribution in [1.82, 2.24) is 20.0 Å². The zero-order valence-corrected chi connectivity index (χ0v) is 19.7. The number of imide groups is 1. The molecule has 182 valence electrons. The molecule has 0 spiro atoms. The van der Waals surface area contributed by atoms with Gasteiger partial charge >= 0.3 is 6.03 Å². The lowest BCUT2D eigenvalue weighted by Gasteiger charge is -2.54. The molecule has 1 aromatic rings. The molecule has 5 aliphatic rings. The Labute approximate surface area is 200 Å². The van der Waals surface area contributed by atoms with E-state index in [4.69, 9.17) is 4.42 Å². The molecule has 5 atom stereocenters. The summed E-state index contributed by atoms with van der Waals surface area (Å²) in [5.74, 6) is 1.55. The van der Waals surface area contributed by atoms with Crippen LogP contribution in [-0.4, -0.2) is 70.3 Å². The normalized spacial score (nSPS) is 33.3. The van der Waals surface area contributed by atoms with Crippen LogP contribution in [0.5, 0.6) is 0 Å². The Kier molecular flexibility index (Phi) is 5.71. The molecule has 1 aromatic heterocycles. The first-order valence-electron chi connectivity index (χ1n) is 13.0. The Hall–Kier alpha value is -2.61. The lowest BCUT2D eigenvalue weighted by molar-refractivity contribution is -0.136. The minimum atomic E-state index is -0.647. The summed E-state index contributed by atoms with van der Waals surface area (Å²) in [5.41, 5.74) is 1.47. The van der Waals surface area contributed by atoms with Crippen LogP contribution in [0.3, 0.4) is 0 Å². The first kappa shape index (κ1) is 21.9. The third-order valence-electron chi connectivity index (χ3n) is 8.63. The van der Waals surface area contributed by atoms with Crippen molar-refractivity contribution in [3.05, 3.63) is 35.8 Å². The minimum absolute atomic E-state index is 0.112. The van der Waals surface area contributed by atoms with Crippen molar-refractivity contribution < 1.29 is 18.8 Å². The van der Waals surface area contributed by atoms with E-state index in [0.29, 0.717) is 30.1 Å². The molecular formula is C26H34N4O4. The smallest absolute Gasteiger partial charge is 0.325 e. The molecule has 5 heterocycles. The molecule has 4 fully saturated rings. The lowest BCUT2D eigenvalue weighted by atomic mass is 9.68. The van der Waals surface area contributed by atoms with Crippen molar-refractivity contribution in [2.75, 3.05) is 19.6 Å². The van der Waals surface area contributed by atoms with Crippen molar-refractivity contribution in [2.45, 2.75) is 76.0 Å². The molecule has 4 unspecified atom stereocenters. The standard InChI is InChI=1S/C26H34N4O4/c31-23(9-8-21-25(32)30(26(33)27-21)16-20-6-4-12-34-20)29-11-3-5-17-13-18-14-19(24(17)29)15-28-10-2-1-7-22(18)28/h4,6,12-13,18-19,21-22,24H,1-3,5,7-11,14-16H2,(H,27,33)/t18?,19?,21-,22?,24?/m0/s1. The monoisotopic (exact) mass is 466 g/mol. The molecule has 0 aromatic carbocycles. The van der Waals surface area contributed by atoms with Gasteiger partial charge in [0.05, 0.1) is 18.8 Å². The van der Waals surface area contributed by atoms with Gasteiger partial charge in [0.15, 0.2) is 0 Å². The molecule has 0 radical (unpaired) electrons. The van der Waals surface area contributed by atoms with Crippen LogP contribution in [0.4, 0.5) is 4.79 Å². The quantitative estimate of drug-likeness (QED) is 0.533. The number of likely N-dealkylation sites (tertiary alicyclic amines) is 1. The van der Waals surface area contributed by atoms with Gasteiger partial charge in [-0.05, 0) is 69.0 Å². The number of piperidine rings is 3. The van der Waals surface area contributed by atoms with E-state index in [9.17, 15) is 14.4 Å². The maximum Gasteiger partial charge on any atom is 0.325 e. The molecule has 0 saturated carbocycles. The van der Waals surface area contributed by atoms with E-state index in [1.54, 1.807) is 12.1 Å². The Morgan fingerprint density at radius 2 is 2.09 bits per heavy atom. The highest BCUT2D eigenvalue weighted by Gasteiger charge is 2.47. The highest BCUT2D eigenvalue weighted by Crippen LogP contribution is 2.45. The van der Waals surface area contributed by atoms with E-state index in [0.717, 1.165) is 25.9 Å². The maximum atomic E-state index is 13.4. The van der Waals surface area contributed by atoms with E-state index in [-0.39, 0.29) is 30.8 Å². The van der Waals surface area contributed by atoms with Crippen molar-refractivity contribution in [3.63, 3.8) is 0 Å². The van der Waals surface area contributed by atoms with Crippen LogP contribution in [0.1, 0.15) is 57.1 Å². The number of carbonyl (C=O) groups excluding carboxylic acids is 3. The van der Waals surface area contributed by atoms with Gasteiger partial charge in [0.25, 0.3) is 5.91 Å². The fourth-order valence-corrected chi connectivity index (χ4v) is 7.15. The van der Waals surface area contributed by atoms with Crippen LogP contribution in [0.25, 0.3) is 0 Å². The number of nitrogens with one attached hydrogen (secondary N) is 1. The number of amides is 4. The van der Waals surface area contributed by atoms with Gasteiger partial charge in [-0.25, -0.2) is 4.79 Å². The summed E-state index contributed by atoms with van der Waals surface area (Å²) in [5, 5.41) is 2.75. The number of hydrogen-bond acceptors (Lipinski definition) is 5. The Morgan fingerprint density at radius 1 is 1.18 bits per heavy atom. The molecule has 1 N–H and O–H groups in total. The summed E-state index contributed by atoms with van der Waals surface area (Å²) < 4.78 is 5.28. The number of carbonyl (C=O) groups is 3. The van der Waals surface area contributed by atoms with Crippen LogP contribution in [0.15, 0.2) is 34.5 Å². The van der Waals surface area contributed by atoms with Crippen LogP contribution in [0.2, 0.25) is 0 Å². The molecular weight excluding hydrogens is 432 g/mol. The van der Waals surface area contributed by atoms with Crippen molar-refractivity contribution in [1.29, 1.82) is 0 Å². The van der Waals surface area contributed by atoms with Gasteiger partial charge in [0.1, 0.15) is 11.8 Å². The first-order chi connectivity index (χ1) is 16.6. The molecule has 8 heteroatoms. The Bertz CT molecular complexity index is 989. The highest BCUT2D eigenvalue weighted by atomic mass is 16.3. The molecule has 4 amide bonds. The second kappa shape index (κ2) is 8.87. The van der Waals surface area contributed by atoms with E-state index in [2.05, 4.69) is 21.2 Å². The van der Waals surface area contributed by atoms with Crippen LogP contribution >= 0.6 is 0 Å². The van der Waals surface area contributed by atoms with E-state index in [1.807, 2.05) is 0 Å². The summed E-state index contributed by atoms with van der Waals surface area (Å²) in [4.78, 5) is 44.5. The van der Waals surface area contributed by atoms with Gasteiger partial charge in [-0.1, -0.05) is 18.1 Å². The molecule has 34 heavy (non-hydrogen) atoms. The summed E-state index contributed by atoms with van der Waals surface area (Å²) >= 11 is 0. The number of fused-ring (bicyclic) bond motifs is 6. The summed E-state index contributed by atoms with van der Waals surface area (Å²) in [6, 6.07) is 3.32. The third-order valence-corrected chi connectivity index (χ3v) is 8.63. The number of rotatable bonds is 5. The molecule has 6 rings (SSSR count). The van der Waals surface area contributed by atoms with E-state index in [1.165, 1.54) is 49.0 Å². The largest absolute Gasteiger partial charge is 0.467 e. The fourth-order valence-electron chi connectivity index (χ4n) is 7.15. The fraction of sp³-hybridized carbons (Fsp3) is 0.654. The maximum absolute atomic E-state index is 13.4. The van der Waals surface area contributed by atoms with Gasteiger partial charge in [0.2, 0.25) is 5.91 Å². The number of urea groups is 1. The number of furan rings is 1. The molecule has 8 nitrogen and oxygen atoms in total. The second-order valence-corrected chi connectivity index (χ2v) is 10.6. The summed E-state index contributed by atoms with van der Waals surface area (Å²) in [6.07, 6.45) is 11.9. The molecule has 4 saturated heterocycles. The predicted octanol–water partition coefficient (Wildman–Crippen LogP) is 2.90. The zero-order valence-electron chi connectivity index (χ0n) is 19.7. The first-order valence-corrected chi connectivity index (χ1v) is 13.0. The number of hydrogen-bond donors (Lipinski definition) is 1. The average molecular weight is 467 g/mol. The van der Waals surface area contributed by atoms with Crippen LogP contribution < -0.4 is 5.32 Å². The lowest BCUT2D eigenvalue weighted by Crippen LogP contribution is -2.60. The predicted molar refractivity (Wildman–Crippen MR) is 124 cm³/mol. The Balaban J connectivity index is 1.11. The minimum Gasteiger partial charge on any atom is -0.467 e. The summed E-state index contributed by atoms with van der Waals surface area (Å²) in [7, 11) is 0. The molecule has 4 aliphatic heterocycles. The topological polar surface area (TPSA) is 86.1 Å². The van der Waals surface area contributed by atoms with Gasteiger partial charge < -0.3 is 14.6 Å². The summed E-state index contributed by atoms with van der Waals surface area (Å²) in [6.45, 7) is 3.21. The van der Waals surface area contributed by atoms with Crippen LogP contribution in [-0.2, 0) is 16.1 Å². The van der Waals surface area contributed by atoms with Crippen molar-refractivity contribution >= 4 is 17.8 Å². The van der Waals surface area contributed by atoms with Crippen LogP contribution in [0, 0.1) is 11.8 Å². The SMILES string of the molecule is O=C1N[C@@H](CCC(=O)N2CCCC3=CC4CC(CN5CCCCC45)C32)C(=O)N1Cc1ccco1. The highest BCUT2D eigenvalue weighted by molar-refractivity contribution is 6.04. The Morgan fingerprint density at radius 3 is 2.94 bits per heavy atom. The average Bonchev–Trinajstić information content (AvgIpc) is 3.46. The molecule has 1 aliphatic carbocycles. The van der Waals surface area contributed by atoms with E-state index >= 15 is 0 Å². The van der Waals surface area contributed by atoms with Crippen molar-refractivity contribution in [3.8, 4) is 0 Å². The number of nitrogens with zero attached hydrogens (tertiary/aromatic N) is 3. The van der Waals surface area contributed by atoms with Gasteiger partial charge in [-0.2, -0.15) is 0 Å². The molecule has 2 bridgehead atoms. The second-order valence-electron chi connectivity index (χ2n) is 10.6. The van der Waals surface area contributed by atoms with Gasteiger partial charge in [-0.3, -0.25) is 19.4 Å².